The Balaban J connectivity index is 2.18. The first-order chi connectivity index (χ1) is 12.8. The Hall–Kier alpha value is -2.05. The standard InChI is InChI=1S/C19H15Cl3N2O3/c1-23(7-8-25)17-16(14-6-5-12(21)10-15(14)22)18(26)24(19(17)27)13-4-2-3-11(20)9-13/h2-6,9-10,25H,7-8H2,1H3. The third-order valence-corrected chi connectivity index (χ3v) is 4.93. The Morgan fingerprint density at radius 1 is 1.00 bits per heavy atom. The van der Waals surface area contributed by atoms with Crippen LogP contribution in [-0.4, -0.2) is 42.0 Å². The van der Waals surface area contributed by atoms with Crippen molar-refractivity contribution in [3.63, 3.8) is 0 Å². The van der Waals surface area contributed by atoms with Crippen molar-refractivity contribution in [3.8, 4) is 0 Å². The van der Waals surface area contributed by atoms with Crippen LogP contribution in [0.3, 0.4) is 0 Å². The molecule has 2 aromatic carbocycles. The topological polar surface area (TPSA) is 60.9 Å². The number of aliphatic hydroxyl groups is 1. The number of hydrogen-bond donors (Lipinski definition) is 1. The molecule has 1 aliphatic heterocycles. The molecule has 0 fully saturated rings. The predicted molar refractivity (Wildman–Crippen MR) is 107 cm³/mol. The molecule has 3 rings (SSSR count). The number of imide groups is 1. The third kappa shape index (κ3) is 3.69. The lowest BCUT2D eigenvalue weighted by Crippen LogP contribution is -2.34. The average molecular weight is 426 g/mol. The highest BCUT2D eigenvalue weighted by Gasteiger charge is 2.42. The third-order valence-electron chi connectivity index (χ3n) is 4.14. The second-order valence-electron chi connectivity index (χ2n) is 5.92. The largest absolute Gasteiger partial charge is 0.395 e. The van der Waals surface area contributed by atoms with Crippen LogP contribution in [0.2, 0.25) is 15.1 Å². The van der Waals surface area contributed by atoms with E-state index >= 15 is 0 Å². The van der Waals surface area contributed by atoms with E-state index in [-0.39, 0.29) is 29.4 Å². The summed E-state index contributed by atoms with van der Waals surface area (Å²) in [7, 11) is 1.63. The number of nitrogens with zero attached hydrogens (tertiary/aromatic N) is 2. The lowest BCUT2D eigenvalue weighted by Gasteiger charge is -2.20. The molecule has 5 nitrogen and oxygen atoms in total. The summed E-state index contributed by atoms with van der Waals surface area (Å²) in [4.78, 5) is 28.9. The minimum Gasteiger partial charge on any atom is -0.395 e. The summed E-state index contributed by atoms with van der Waals surface area (Å²) in [6.45, 7) is -0.00723. The molecule has 1 N–H and O–H groups in total. The number of anilines is 1. The van der Waals surface area contributed by atoms with E-state index in [0.717, 1.165) is 4.90 Å². The summed E-state index contributed by atoms with van der Waals surface area (Å²) in [5, 5.41) is 10.3. The molecule has 0 spiro atoms. The van der Waals surface area contributed by atoms with Gasteiger partial charge in [-0.05, 0) is 30.3 Å². The fourth-order valence-electron chi connectivity index (χ4n) is 2.92. The van der Waals surface area contributed by atoms with E-state index in [0.29, 0.717) is 21.3 Å². The summed E-state index contributed by atoms with van der Waals surface area (Å²) in [6.07, 6.45) is 0. The maximum absolute atomic E-state index is 13.2. The molecule has 0 aromatic heterocycles. The van der Waals surface area contributed by atoms with Crippen LogP contribution in [0, 0.1) is 0 Å². The Kier molecular flexibility index (Phi) is 5.77. The zero-order valence-electron chi connectivity index (χ0n) is 14.2. The predicted octanol–water partition coefficient (Wildman–Crippen LogP) is 3.86. The van der Waals surface area contributed by atoms with Gasteiger partial charge in [-0.3, -0.25) is 9.59 Å². The second kappa shape index (κ2) is 7.90. The van der Waals surface area contributed by atoms with Gasteiger partial charge in [-0.1, -0.05) is 46.9 Å². The van der Waals surface area contributed by atoms with E-state index in [1.165, 1.54) is 17.0 Å². The van der Waals surface area contributed by atoms with Crippen molar-refractivity contribution in [3.05, 3.63) is 68.8 Å². The van der Waals surface area contributed by atoms with Crippen LogP contribution < -0.4 is 4.90 Å². The highest BCUT2D eigenvalue weighted by Crippen LogP contribution is 2.38. The molecular formula is C19H15Cl3N2O3. The van der Waals surface area contributed by atoms with Crippen molar-refractivity contribution in [2.75, 3.05) is 25.1 Å². The first kappa shape index (κ1) is 19.7. The van der Waals surface area contributed by atoms with E-state index in [1.54, 1.807) is 37.4 Å². The van der Waals surface area contributed by atoms with Gasteiger partial charge in [0.15, 0.2) is 0 Å². The number of rotatable bonds is 5. The van der Waals surface area contributed by atoms with Crippen LogP contribution in [0.1, 0.15) is 5.56 Å². The molecule has 27 heavy (non-hydrogen) atoms. The fourth-order valence-corrected chi connectivity index (χ4v) is 3.61. The van der Waals surface area contributed by atoms with Gasteiger partial charge in [0.25, 0.3) is 11.8 Å². The van der Waals surface area contributed by atoms with Crippen LogP contribution in [0.5, 0.6) is 0 Å². The molecule has 0 aliphatic carbocycles. The van der Waals surface area contributed by atoms with Crippen molar-refractivity contribution in [2.45, 2.75) is 0 Å². The summed E-state index contributed by atoms with van der Waals surface area (Å²) in [5.74, 6) is -1.04. The van der Waals surface area contributed by atoms with E-state index in [4.69, 9.17) is 34.8 Å². The number of aliphatic hydroxyl groups excluding tert-OH is 1. The zero-order valence-corrected chi connectivity index (χ0v) is 16.5. The highest BCUT2D eigenvalue weighted by molar-refractivity contribution is 6.47. The summed E-state index contributed by atoms with van der Waals surface area (Å²) < 4.78 is 0. The zero-order chi connectivity index (χ0) is 19.7. The molecule has 0 atom stereocenters. The number of amides is 2. The minimum atomic E-state index is -0.522. The number of carbonyl (C=O) groups is 2. The van der Waals surface area contributed by atoms with Crippen molar-refractivity contribution in [2.24, 2.45) is 0 Å². The Labute approximate surface area is 171 Å². The molecule has 8 heteroatoms. The summed E-state index contributed by atoms with van der Waals surface area (Å²) in [5.41, 5.74) is 1.05. The Morgan fingerprint density at radius 3 is 2.33 bits per heavy atom. The van der Waals surface area contributed by atoms with Crippen molar-refractivity contribution in [1.29, 1.82) is 0 Å². The molecule has 1 heterocycles. The van der Waals surface area contributed by atoms with E-state index in [1.807, 2.05) is 0 Å². The van der Waals surface area contributed by atoms with E-state index in [2.05, 4.69) is 0 Å². The minimum absolute atomic E-state index is 0.151. The summed E-state index contributed by atoms with van der Waals surface area (Å²) >= 11 is 18.3. The van der Waals surface area contributed by atoms with Crippen LogP contribution in [0.25, 0.3) is 5.57 Å². The quantitative estimate of drug-likeness (QED) is 0.739. The molecule has 0 unspecified atom stereocenters. The normalized spacial score (nSPS) is 14.3. The maximum atomic E-state index is 13.2. The SMILES string of the molecule is CN(CCO)C1=C(c2ccc(Cl)cc2Cl)C(=O)N(c2cccc(Cl)c2)C1=O. The van der Waals surface area contributed by atoms with Gasteiger partial charge in [0.05, 0.1) is 22.9 Å². The molecule has 2 aromatic rings. The first-order valence-electron chi connectivity index (χ1n) is 8.01. The van der Waals surface area contributed by atoms with Crippen molar-refractivity contribution < 1.29 is 14.7 Å². The van der Waals surface area contributed by atoms with Crippen LogP contribution in [-0.2, 0) is 9.59 Å². The number of carbonyl (C=O) groups excluding carboxylic acids is 2. The number of hydrogen-bond acceptors (Lipinski definition) is 4. The van der Waals surface area contributed by atoms with Gasteiger partial charge in [0.2, 0.25) is 0 Å². The molecular weight excluding hydrogens is 411 g/mol. The Morgan fingerprint density at radius 2 is 1.70 bits per heavy atom. The van der Waals surface area contributed by atoms with Gasteiger partial charge in [-0.15, -0.1) is 0 Å². The number of benzene rings is 2. The smallest absolute Gasteiger partial charge is 0.282 e. The molecule has 1 aliphatic rings. The first-order valence-corrected chi connectivity index (χ1v) is 9.14. The van der Waals surface area contributed by atoms with Crippen LogP contribution in [0.15, 0.2) is 48.2 Å². The maximum Gasteiger partial charge on any atom is 0.282 e. The van der Waals surface area contributed by atoms with Gasteiger partial charge in [-0.2, -0.15) is 0 Å². The lowest BCUT2D eigenvalue weighted by molar-refractivity contribution is -0.120. The van der Waals surface area contributed by atoms with Gasteiger partial charge in [0.1, 0.15) is 5.70 Å². The molecule has 2 amide bonds. The van der Waals surface area contributed by atoms with Crippen LogP contribution >= 0.6 is 34.8 Å². The molecule has 0 saturated heterocycles. The summed E-state index contributed by atoms with van der Waals surface area (Å²) in [6, 6.07) is 11.2. The fraction of sp³-hybridized carbons (Fsp3) is 0.158. The monoisotopic (exact) mass is 424 g/mol. The van der Waals surface area contributed by atoms with E-state index in [9.17, 15) is 14.7 Å². The van der Waals surface area contributed by atoms with Gasteiger partial charge < -0.3 is 10.0 Å². The second-order valence-corrected chi connectivity index (χ2v) is 7.20. The Bertz CT molecular complexity index is 959. The van der Waals surface area contributed by atoms with Gasteiger partial charge >= 0.3 is 0 Å². The van der Waals surface area contributed by atoms with Gasteiger partial charge in [0, 0.05) is 29.2 Å². The molecule has 0 bridgehead atoms. The molecule has 0 saturated carbocycles. The molecule has 140 valence electrons. The van der Waals surface area contributed by atoms with Gasteiger partial charge in [-0.25, -0.2) is 4.90 Å². The van der Waals surface area contributed by atoms with Crippen molar-refractivity contribution in [1.82, 2.24) is 4.90 Å². The lowest BCUT2D eigenvalue weighted by atomic mass is 10.0. The number of halogens is 3. The van der Waals surface area contributed by atoms with Crippen molar-refractivity contribution >= 4 is 57.9 Å². The highest BCUT2D eigenvalue weighted by atomic mass is 35.5. The van der Waals surface area contributed by atoms with E-state index < -0.39 is 11.8 Å². The molecule has 0 radical (unpaired) electrons. The average Bonchev–Trinajstić information content (AvgIpc) is 2.86. The van der Waals surface area contributed by atoms with Crippen LogP contribution in [0.4, 0.5) is 5.69 Å². The number of likely N-dealkylation sites (N-methyl/N-ethyl adjacent to an activating group) is 1.